The van der Waals surface area contributed by atoms with Crippen LogP contribution in [0.5, 0.6) is 0 Å². The Balaban J connectivity index is 1.53. The van der Waals surface area contributed by atoms with Crippen molar-refractivity contribution in [2.75, 3.05) is 5.43 Å². The second kappa shape index (κ2) is 9.15. The van der Waals surface area contributed by atoms with E-state index in [1.165, 1.54) is 6.33 Å². The molecule has 4 N–H and O–H groups in total. The van der Waals surface area contributed by atoms with Crippen molar-refractivity contribution in [2.45, 2.75) is 38.8 Å². The second-order valence-electron chi connectivity index (χ2n) is 8.62. The molecule has 170 valence electrons. The summed E-state index contributed by atoms with van der Waals surface area (Å²) in [6.45, 7) is 5.30. The SMILES string of the molecule is CC(C)(C)OC(=O)N[C@@H](Cc1c[nH]c2ccccc12)C(=O)NNc1ncnc2ccccc12. The lowest BCUT2D eigenvalue weighted by Gasteiger charge is -2.23. The molecule has 4 aromatic rings. The molecule has 0 radical (unpaired) electrons. The van der Waals surface area contributed by atoms with E-state index in [2.05, 4.69) is 31.1 Å². The first kappa shape index (κ1) is 22.1. The Hall–Kier alpha value is -4.14. The van der Waals surface area contributed by atoms with Gasteiger partial charge in [0.15, 0.2) is 5.82 Å². The van der Waals surface area contributed by atoms with Crippen LogP contribution in [0.15, 0.2) is 61.1 Å². The predicted molar refractivity (Wildman–Crippen MR) is 126 cm³/mol. The fourth-order valence-corrected chi connectivity index (χ4v) is 3.49. The predicted octanol–water partition coefficient (Wildman–Crippen LogP) is 3.69. The largest absolute Gasteiger partial charge is 0.444 e. The number of nitrogens with one attached hydrogen (secondary N) is 4. The molecule has 0 fully saturated rings. The quantitative estimate of drug-likeness (QED) is 0.335. The van der Waals surface area contributed by atoms with Gasteiger partial charge in [0.05, 0.1) is 5.52 Å². The third kappa shape index (κ3) is 5.38. The molecule has 0 aliphatic carbocycles. The van der Waals surface area contributed by atoms with E-state index < -0.39 is 23.6 Å². The topological polar surface area (TPSA) is 121 Å². The third-order valence-corrected chi connectivity index (χ3v) is 4.95. The molecule has 2 amide bonds. The van der Waals surface area contributed by atoms with E-state index in [1.807, 2.05) is 54.7 Å². The molecule has 0 saturated heterocycles. The number of rotatable bonds is 6. The highest BCUT2D eigenvalue weighted by Gasteiger charge is 2.26. The molecule has 9 nitrogen and oxygen atoms in total. The van der Waals surface area contributed by atoms with Gasteiger partial charge in [0, 0.05) is 28.9 Å². The van der Waals surface area contributed by atoms with E-state index in [0.29, 0.717) is 5.82 Å². The summed E-state index contributed by atoms with van der Waals surface area (Å²) in [5.41, 5.74) is 7.42. The molecule has 9 heteroatoms. The van der Waals surface area contributed by atoms with Crippen LogP contribution in [0.1, 0.15) is 26.3 Å². The Morgan fingerprint density at radius 2 is 1.76 bits per heavy atom. The number of ether oxygens (including phenoxy) is 1. The lowest BCUT2D eigenvalue weighted by molar-refractivity contribution is -0.122. The molecule has 2 aromatic heterocycles. The number of aromatic nitrogens is 3. The Bertz CT molecular complexity index is 1290. The van der Waals surface area contributed by atoms with Crippen molar-refractivity contribution in [3.63, 3.8) is 0 Å². The molecule has 0 saturated carbocycles. The first-order valence-corrected chi connectivity index (χ1v) is 10.6. The molecule has 33 heavy (non-hydrogen) atoms. The number of anilines is 1. The van der Waals surface area contributed by atoms with Crippen molar-refractivity contribution in [3.05, 3.63) is 66.6 Å². The summed E-state index contributed by atoms with van der Waals surface area (Å²) in [5, 5.41) is 4.43. The minimum Gasteiger partial charge on any atom is -0.444 e. The number of nitrogens with zero attached hydrogens (tertiary/aromatic N) is 2. The third-order valence-electron chi connectivity index (χ3n) is 4.95. The van der Waals surface area contributed by atoms with Crippen LogP contribution in [-0.4, -0.2) is 38.6 Å². The highest BCUT2D eigenvalue weighted by atomic mass is 16.6. The van der Waals surface area contributed by atoms with Crippen LogP contribution in [-0.2, 0) is 16.0 Å². The van der Waals surface area contributed by atoms with Gasteiger partial charge in [-0.25, -0.2) is 14.8 Å². The summed E-state index contributed by atoms with van der Waals surface area (Å²) in [7, 11) is 0. The molecular formula is C24H26N6O3. The van der Waals surface area contributed by atoms with Crippen molar-refractivity contribution in [3.8, 4) is 0 Å². The number of alkyl carbamates (subject to hydrolysis) is 1. The monoisotopic (exact) mass is 446 g/mol. The summed E-state index contributed by atoms with van der Waals surface area (Å²) in [5.74, 6) is 0.0193. The Labute approximate surface area is 190 Å². The fraction of sp³-hybridized carbons (Fsp3) is 0.250. The molecule has 2 aromatic carbocycles. The summed E-state index contributed by atoms with van der Waals surface area (Å²) < 4.78 is 5.37. The van der Waals surface area contributed by atoms with Gasteiger partial charge < -0.3 is 15.0 Å². The maximum atomic E-state index is 13.1. The van der Waals surface area contributed by atoms with Gasteiger partial charge in [-0.15, -0.1) is 0 Å². The number of H-pyrrole nitrogens is 1. The number of amides is 2. The molecule has 0 spiro atoms. The zero-order valence-electron chi connectivity index (χ0n) is 18.7. The van der Waals surface area contributed by atoms with Crippen molar-refractivity contribution in [1.82, 2.24) is 25.7 Å². The summed E-state index contributed by atoms with van der Waals surface area (Å²) >= 11 is 0. The van der Waals surface area contributed by atoms with Crippen molar-refractivity contribution < 1.29 is 14.3 Å². The molecule has 2 heterocycles. The summed E-state index contributed by atoms with van der Waals surface area (Å²) in [6, 6.07) is 14.3. The van der Waals surface area contributed by atoms with Gasteiger partial charge in [-0.05, 0) is 44.5 Å². The molecule has 0 unspecified atom stereocenters. The standard InChI is InChI=1S/C24H26N6O3/c1-24(2,3)33-23(32)28-20(12-15-13-25-18-10-6-4-8-16(15)18)22(31)30-29-21-17-9-5-7-11-19(17)26-14-27-21/h4-11,13-14,20,25H,12H2,1-3H3,(H,28,32)(H,30,31)(H,26,27,29)/t20-/m0/s1. The maximum Gasteiger partial charge on any atom is 0.408 e. The first-order chi connectivity index (χ1) is 15.8. The highest BCUT2D eigenvalue weighted by molar-refractivity contribution is 5.92. The Morgan fingerprint density at radius 3 is 2.55 bits per heavy atom. The van der Waals surface area contributed by atoms with Gasteiger partial charge >= 0.3 is 6.09 Å². The zero-order chi connectivity index (χ0) is 23.4. The van der Waals surface area contributed by atoms with E-state index in [0.717, 1.165) is 27.4 Å². The number of hydrazine groups is 1. The minimum absolute atomic E-state index is 0.265. The number of hydrogen-bond acceptors (Lipinski definition) is 6. The second-order valence-corrected chi connectivity index (χ2v) is 8.62. The lowest BCUT2D eigenvalue weighted by Crippen LogP contribution is -2.50. The number of benzene rings is 2. The van der Waals surface area contributed by atoms with Crippen LogP contribution >= 0.6 is 0 Å². The average Bonchev–Trinajstić information content (AvgIpc) is 3.18. The van der Waals surface area contributed by atoms with Crippen LogP contribution in [0.4, 0.5) is 10.6 Å². The Morgan fingerprint density at radius 1 is 1.03 bits per heavy atom. The summed E-state index contributed by atoms with van der Waals surface area (Å²) in [6.07, 6.45) is 2.85. The molecule has 4 rings (SSSR count). The number of hydrogen-bond donors (Lipinski definition) is 4. The minimum atomic E-state index is -0.889. The van der Waals surface area contributed by atoms with Gasteiger partial charge in [0.25, 0.3) is 5.91 Å². The number of para-hydroxylation sites is 2. The smallest absolute Gasteiger partial charge is 0.408 e. The molecular weight excluding hydrogens is 420 g/mol. The average molecular weight is 447 g/mol. The maximum absolute atomic E-state index is 13.1. The number of aromatic amines is 1. The van der Waals surface area contributed by atoms with Gasteiger partial charge in [-0.1, -0.05) is 30.3 Å². The van der Waals surface area contributed by atoms with Gasteiger partial charge in [0.1, 0.15) is 18.0 Å². The number of fused-ring (bicyclic) bond motifs is 2. The molecule has 0 aliphatic rings. The van der Waals surface area contributed by atoms with E-state index in [4.69, 9.17) is 4.74 Å². The van der Waals surface area contributed by atoms with Crippen molar-refractivity contribution in [2.24, 2.45) is 0 Å². The van der Waals surface area contributed by atoms with Crippen LogP contribution in [0.25, 0.3) is 21.8 Å². The van der Waals surface area contributed by atoms with Crippen LogP contribution < -0.4 is 16.2 Å². The number of carbonyl (C=O) groups is 2. The fourth-order valence-electron chi connectivity index (χ4n) is 3.49. The van der Waals surface area contributed by atoms with Gasteiger partial charge in [-0.3, -0.25) is 15.6 Å². The molecule has 0 aliphatic heterocycles. The first-order valence-electron chi connectivity index (χ1n) is 10.6. The van der Waals surface area contributed by atoms with Crippen molar-refractivity contribution in [1.29, 1.82) is 0 Å². The zero-order valence-corrected chi connectivity index (χ0v) is 18.7. The van der Waals surface area contributed by atoms with Crippen LogP contribution in [0.3, 0.4) is 0 Å². The Kier molecular flexibility index (Phi) is 6.12. The normalized spacial score (nSPS) is 12.3. The summed E-state index contributed by atoms with van der Waals surface area (Å²) in [4.78, 5) is 37.2. The van der Waals surface area contributed by atoms with Gasteiger partial charge in [0.2, 0.25) is 0 Å². The van der Waals surface area contributed by atoms with Crippen LogP contribution in [0.2, 0.25) is 0 Å². The molecule has 0 bridgehead atoms. The van der Waals surface area contributed by atoms with E-state index in [-0.39, 0.29) is 6.42 Å². The van der Waals surface area contributed by atoms with Crippen LogP contribution in [0, 0.1) is 0 Å². The van der Waals surface area contributed by atoms with Gasteiger partial charge in [-0.2, -0.15) is 0 Å². The number of carbonyl (C=O) groups excluding carboxylic acids is 2. The van der Waals surface area contributed by atoms with E-state index >= 15 is 0 Å². The highest BCUT2D eigenvalue weighted by Crippen LogP contribution is 2.20. The molecule has 1 atom stereocenters. The van der Waals surface area contributed by atoms with Crippen molar-refractivity contribution >= 4 is 39.6 Å². The van der Waals surface area contributed by atoms with E-state index in [9.17, 15) is 9.59 Å². The van der Waals surface area contributed by atoms with E-state index in [1.54, 1.807) is 20.8 Å². The lowest BCUT2D eigenvalue weighted by atomic mass is 10.0.